The molecular weight excluding hydrogens is 382 g/mol. The molecule has 0 aliphatic carbocycles. The maximum Gasteiger partial charge on any atom is 0.297 e. The quantitative estimate of drug-likeness (QED) is 0.652. The van der Waals surface area contributed by atoms with Gasteiger partial charge in [-0.15, -0.1) is 0 Å². The zero-order chi connectivity index (χ0) is 20.1. The lowest BCUT2D eigenvalue weighted by molar-refractivity contribution is 0.354. The predicted molar refractivity (Wildman–Crippen MR) is 108 cm³/mol. The van der Waals surface area contributed by atoms with Crippen LogP contribution in [0.2, 0.25) is 5.02 Å². The van der Waals surface area contributed by atoms with Crippen molar-refractivity contribution in [3.8, 4) is 22.9 Å². The van der Waals surface area contributed by atoms with Gasteiger partial charge in [-0.3, -0.25) is 9.36 Å². The number of aromatic nitrogens is 2. The average Bonchev–Trinajstić information content (AvgIpc) is 2.72. The molecule has 0 amide bonds. The minimum atomic E-state index is -0.288. The second-order valence-electron chi connectivity index (χ2n) is 5.81. The van der Waals surface area contributed by atoms with Crippen LogP contribution in [0.25, 0.3) is 5.69 Å². The highest BCUT2D eigenvalue weighted by Gasteiger charge is 2.10. The summed E-state index contributed by atoms with van der Waals surface area (Å²) in [7, 11) is 4.69. The molecule has 0 aliphatic heterocycles. The van der Waals surface area contributed by atoms with Crippen LogP contribution in [0.3, 0.4) is 0 Å². The Labute approximate surface area is 167 Å². The lowest BCUT2D eigenvalue weighted by Gasteiger charge is -2.12. The maximum atomic E-state index is 12.8. The Kier molecular flexibility index (Phi) is 6.06. The fraction of sp³-hybridized carbons (Fsp3) is 0.200. The molecule has 3 aromatic rings. The van der Waals surface area contributed by atoms with E-state index in [2.05, 4.69) is 10.3 Å². The summed E-state index contributed by atoms with van der Waals surface area (Å²) in [5, 5.41) is 3.49. The summed E-state index contributed by atoms with van der Waals surface area (Å²) < 4.78 is 17.2. The van der Waals surface area contributed by atoms with Gasteiger partial charge >= 0.3 is 0 Å². The average molecular weight is 402 g/mol. The van der Waals surface area contributed by atoms with Crippen molar-refractivity contribution in [3.63, 3.8) is 0 Å². The number of halogens is 1. The van der Waals surface area contributed by atoms with E-state index in [1.807, 2.05) is 18.2 Å². The van der Waals surface area contributed by atoms with Gasteiger partial charge in [0.15, 0.2) is 17.3 Å². The van der Waals surface area contributed by atoms with E-state index in [4.69, 9.17) is 25.8 Å². The van der Waals surface area contributed by atoms with E-state index >= 15 is 0 Å². The van der Waals surface area contributed by atoms with E-state index in [0.717, 1.165) is 5.56 Å². The smallest absolute Gasteiger partial charge is 0.297 e. The van der Waals surface area contributed by atoms with E-state index in [1.165, 1.54) is 11.7 Å². The van der Waals surface area contributed by atoms with Crippen molar-refractivity contribution in [2.75, 3.05) is 26.6 Å². The van der Waals surface area contributed by atoms with Gasteiger partial charge in [-0.1, -0.05) is 17.7 Å². The van der Waals surface area contributed by atoms with Crippen LogP contribution in [-0.2, 0) is 6.54 Å². The highest BCUT2D eigenvalue weighted by atomic mass is 35.5. The first-order valence-electron chi connectivity index (χ1n) is 8.43. The lowest BCUT2D eigenvalue weighted by Crippen LogP contribution is -2.23. The number of benzene rings is 2. The Morgan fingerprint density at radius 2 is 1.71 bits per heavy atom. The van der Waals surface area contributed by atoms with Crippen molar-refractivity contribution in [1.29, 1.82) is 0 Å². The Morgan fingerprint density at radius 3 is 2.39 bits per heavy atom. The summed E-state index contributed by atoms with van der Waals surface area (Å²) in [6.07, 6.45) is 3.14. The summed E-state index contributed by atoms with van der Waals surface area (Å²) in [5.41, 5.74) is 1.25. The topological polar surface area (TPSA) is 74.6 Å². The van der Waals surface area contributed by atoms with Gasteiger partial charge in [0, 0.05) is 18.9 Å². The third-order valence-electron chi connectivity index (χ3n) is 4.16. The molecule has 0 radical (unpaired) electrons. The Morgan fingerprint density at radius 1 is 1.00 bits per heavy atom. The molecule has 0 bridgehead atoms. The largest absolute Gasteiger partial charge is 0.495 e. The molecule has 8 heteroatoms. The Hall–Kier alpha value is -3.19. The summed E-state index contributed by atoms with van der Waals surface area (Å²) in [6, 6.07) is 10.7. The van der Waals surface area contributed by atoms with Crippen LogP contribution in [0.4, 0.5) is 5.82 Å². The molecular formula is C20H20ClN3O4. The second-order valence-corrected chi connectivity index (χ2v) is 6.22. The van der Waals surface area contributed by atoms with Crippen molar-refractivity contribution in [1.82, 2.24) is 9.55 Å². The maximum absolute atomic E-state index is 12.8. The van der Waals surface area contributed by atoms with Crippen molar-refractivity contribution in [3.05, 3.63) is 69.7 Å². The van der Waals surface area contributed by atoms with Crippen LogP contribution in [0.15, 0.2) is 53.6 Å². The number of rotatable bonds is 7. The second kappa shape index (κ2) is 8.67. The van der Waals surface area contributed by atoms with Crippen LogP contribution >= 0.6 is 11.6 Å². The minimum Gasteiger partial charge on any atom is -0.495 e. The van der Waals surface area contributed by atoms with Crippen molar-refractivity contribution in [2.24, 2.45) is 0 Å². The third kappa shape index (κ3) is 4.04. The number of hydrogen-bond acceptors (Lipinski definition) is 6. The first-order valence-corrected chi connectivity index (χ1v) is 8.81. The van der Waals surface area contributed by atoms with Gasteiger partial charge in [0.25, 0.3) is 5.56 Å². The molecule has 146 valence electrons. The van der Waals surface area contributed by atoms with Crippen LogP contribution in [0, 0.1) is 0 Å². The zero-order valence-corrected chi connectivity index (χ0v) is 16.5. The van der Waals surface area contributed by atoms with Crippen molar-refractivity contribution < 1.29 is 14.2 Å². The van der Waals surface area contributed by atoms with Gasteiger partial charge in [0.05, 0.1) is 32.0 Å². The van der Waals surface area contributed by atoms with Crippen LogP contribution in [0.5, 0.6) is 17.2 Å². The fourth-order valence-corrected chi connectivity index (χ4v) is 2.97. The summed E-state index contributed by atoms with van der Waals surface area (Å²) >= 11 is 6.17. The Balaban J connectivity index is 1.84. The number of hydrogen-bond donors (Lipinski definition) is 1. The van der Waals surface area contributed by atoms with E-state index < -0.39 is 0 Å². The molecule has 0 aliphatic rings. The number of nitrogens with zero attached hydrogens (tertiary/aromatic N) is 2. The Bertz CT molecular complexity index is 1040. The van der Waals surface area contributed by atoms with E-state index in [0.29, 0.717) is 34.5 Å². The van der Waals surface area contributed by atoms with Gasteiger partial charge in [0.1, 0.15) is 5.75 Å². The lowest BCUT2D eigenvalue weighted by atomic mass is 10.2. The molecule has 0 spiro atoms. The molecule has 0 saturated carbocycles. The molecule has 2 aromatic carbocycles. The van der Waals surface area contributed by atoms with Crippen LogP contribution in [0.1, 0.15) is 5.56 Å². The molecule has 0 unspecified atom stereocenters. The van der Waals surface area contributed by atoms with Crippen molar-refractivity contribution in [2.45, 2.75) is 6.54 Å². The van der Waals surface area contributed by atoms with Gasteiger partial charge in [-0.05, 0) is 35.9 Å². The molecule has 0 saturated heterocycles. The van der Waals surface area contributed by atoms with Crippen LogP contribution in [-0.4, -0.2) is 30.9 Å². The standard InChI is InChI=1S/C20H20ClN3O4/c1-26-16-7-5-14(11-15(16)21)24-9-8-22-19(20(24)25)23-12-13-4-6-17(27-2)18(10-13)28-3/h4-11H,12H2,1-3H3,(H,22,23). The fourth-order valence-electron chi connectivity index (χ4n) is 2.72. The van der Waals surface area contributed by atoms with Gasteiger partial charge in [-0.2, -0.15) is 0 Å². The van der Waals surface area contributed by atoms with E-state index in [9.17, 15) is 4.79 Å². The van der Waals surface area contributed by atoms with E-state index in [-0.39, 0.29) is 11.4 Å². The highest BCUT2D eigenvalue weighted by molar-refractivity contribution is 6.32. The normalized spacial score (nSPS) is 10.4. The molecule has 1 N–H and O–H groups in total. The molecule has 3 rings (SSSR count). The number of anilines is 1. The predicted octanol–water partition coefficient (Wildman–Crippen LogP) is 3.52. The molecule has 0 atom stereocenters. The third-order valence-corrected chi connectivity index (χ3v) is 4.46. The minimum absolute atomic E-state index is 0.226. The van der Waals surface area contributed by atoms with Crippen LogP contribution < -0.4 is 25.1 Å². The summed E-state index contributed by atoms with van der Waals surface area (Å²) in [5.74, 6) is 2.03. The van der Waals surface area contributed by atoms with Gasteiger partial charge < -0.3 is 19.5 Å². The molecule has 1 heterocycles. The molecule has 1 aromatic heterocycles. The zero-order valence-electron chi connectivity index (χ0n) is 15.7. The number of nitrogens with one attached hydrogen (secondary N) is 1. The number of methoxy groups -OCH3 is 3. The summed E-state index contributed by atoms with van der Waals surface area (Å²) in [4.78, 5) is 17.0. The van der Waals surface area contributed by atoms with Gasteiger partial charge in [0.2, 0.25) is 0 Å². The summed E-state index contributed by atoms with van der Waals surface area (Å²) in [6.45, 7) is 0.399. The SMILES string of the molecule is COc1ccc(-n2ccnc(NCc3ccc(OC)c(OC)c3)c2=O)cc1Cl. The highest BCUT2D eigenvalue weighted by Crippen LogP contribution is 2.28. The molecule has 28 heavy (non-hydrogen) atoms. The van der Waals surface area contributed by atoms with Gasteiger partial charge in [-0.25, -0.2) is 4.98 Å². The van der Waals surface area contributed by atoms with Crippen molar-refractivity contribution >= 4 is 17.4 Å². The first kappa shape index (κ1) is 19.6. The number of ether oxygens (including phenoxy) is 3. The molecule has 0 fully saturated rings. The molecule has 7 nitrogen and oxygen atoms in total. The monoisotopic (exact) mass is 401 g/mol. The van der Waals surface area contributed by atoms with E-state index in [1.54, 1.807) is 44.8 Å². The first-order chi connectivity index (χ1) is 13.6.